The van der Waals surface area contributed by atoms with Gasteiger partial charge in [-0.15, -0.1) is 11.3 Å². The Morgan fingerprint density at radius 2 is 2.08 bits per heavy atom. The molecule has 1 aromatic carbocycles. The number of aromatic hydroxyl groups is 2. The molecule has 3 nitrogen and oxygen atoms in total. The van der Waals surface area contributed by atoms with Crippen molar-refractivity contribution in [3.63, 3.8) is 0 Å². The normalized spacial score (nSPS) is 10.7. The molecule has 0 fully saturated rings. The van der Waals surface area contributed by atoms with Crippen LogP contribution >= 0.6 is 11.3 Å². The van der Waals surface area contributed by atoms with Crippen LogP contribution in [0.1, 0.15) is 0 Å². The lowest BCUT2D eigenvalue weighted by atomic mass is 10.2. The van der Waals surface area contributed by atoms with Gasteiger partial charge in [-0.05, 0) is 22.9 Å². The van der Waals surface area contributed by atoms with Crippen LogP contribution in [0.4, 0.5) is 5.69 Å². The van der Waals surface area contributed by atoms with Gasteiger partial charge in [-0.25, -0.2) is 0 Å². The van der Waals surface area contributed by atoms with E-state index >= 15 is 0 Å². The second kappa shape index (κ2) is 2.28. The number of rotatable bonds is 0. The molecule has 1 heterocycles. The lowest BCUT2D eigenvalue weighted by molar-refractivity contribution is 0.407. The summed E-state index contributed by atoms with van der Waals surface area (Å²) < 4.78 is 0.810. The zero-order chi connectivity index (χ0) is 8.72. The molecule has 0 spiro atoms. The van der Waals surface area contributed by atoms with Crippen LogP contribution in [0.5, 0.6) is 11.5 Å². The highest BCUT2D eigenvalue weighted by molar-refractivity contribution is 7.17. The second-order valence-corrected chi connectivity index (χ2v) is 3.41. The zero-order valence-corrected chi connectivity index (χ0v) is 6.93. The van der Waals surface area contributed by atoms with Crippen molar-refractivity contribution in [1.29, 1.82) is 0 Å². The third-order valence-electron chi connectivity index (χ3n) is 1.73. The van der Waals surface area contributed by atoms with Gasteiger partial charge in [-0.2, -0.15) is 0 Å². The molecular weight excluding hydrogens is 174 g/mol. The van der Waals surface area contributed by atoms with Crippen LogP contribution in [0.25, 0.3) is 10.1 Å². The van der Waals surface area contributed by atoms with Crippen LogP contribution in [0.3, 0.4) is 0 Å². The Morgan fingerprint density at radius 1 is 1.33 bits per heavy atom. The van der Waals surface area contributed by atoms with E-state index in [0.29, 0.717) is 0 Å². The molecular formula is C8H7NO2S. The zero-order valence-electron chi connectivity index (χ0n) is 6.11. The van der Waals surface area contributed by atoms with Crippen molar-refractivity contribution in [3.8, 4) is 11.5 Å². The number of thiophene rings is 1. The van der Waals surface area contributed by atoms with Crippen LogP contribution in [0.15, 0.2) is 17.5 Å². The summed E-state index contributed by atoms with van der Waals surface area (Å²) in [5.74, 6) is -0.400. The predicted octanol–water partition coefficient (Wildman–Crippen LogP) is 1.89. The number of nitrogen functional groups attached to an aromatic ring is 1. The highest BCUT2D eigenvalue weighted by Gasteiger charge is 2.09. The first-order valence-electron chi connectivity index (χ1n) is 3.38. The molecule has 2 aromatic rings. The van der Waals surface area contributed by atoms with Crippen molar-refractivity contribution in [2.45, 2.75) is 0 Å². The van der Waals surface area contributed by atoms with Crippen molar-refractivity contribution < 1.29 is 10.2 Å². The fraction of sp³-hybridized carbons (Fsp3) is 0. The molecule has 0 aliphatic carbocycles. The minimum Gasteiger partial charge on any atom is -0.504 e. The van der Waals surface area contributed by atoms with Gasteiger partial charge in [0.1, 0.15) is 0 Å². The average molecular weight is 181 g/mol. The van der Waals surface area contributed by atoms with E-state index < -0.39 is 0 Å². The van der Waals surface area contributed by atoms with Crippen LogP contribution in [-0.4, -0.2) is 10.2 Å². The summed E-state index contributed by atoms with van der Waals surface area (Å²) in [4.78, 5) is 0. The molecule has 1 aromatic heterocycles. The highest BCUT2D eigenvalue weighted by atomic mass is 32.1. The maximum absolute atomic E-state index is 9.25. The fourth-order valence-electron chi connectivity index (χ4n) is 1.11. The minimum absolute atomic E-state index is 0.168. The molecule has 0 atom stereocenters. The third kappa shape index (κ3) is 0.816. The predicted molar refractivity (Wildman–Crippen MR) is 49.6 cm³/mol. The standard InChI is InChI=1S/C8H7NO2S/c9-6-7(11)5(10)3-4-1-2-12-8(4)6/h1-3,10-11H,9H2. The Balaban J connectivity index is 2.94. The van der Waals surface area contributed by atoms with Crippen molar-refractivity contribution in [1.82, 2.24) is 0 Å². The lowest BCUT2D eigenvalue weighted by Gasteiger charge is -2.01. The van der Waals surface area contributed by atoms with Gasteiger partial charge in [0, 0.05) is 0 Å². The summed E-state index contributed by atoms with van der Waals surface area (Å²) >= 11 is 1.44. The molecule has 0 aliphatic heterocycles. The van der Waals surface area contributed by atoms with E-state index in [9.17, 15) is 10.2 Å². The molecule has 0 saturated carbocycles. The first-order chi connectivity index (χ1) is 5.70. The molecule has 0 amide bonds. The van der Waals surface area contributed by atoms with Crippen LogP contribution in [0.2, 0.25) is 0 Å². The summed E-state index contributed by atoms with van der Waals surface area (Å²) in [6, 6.07) is 3.34. The third-order valence-corrected chi connectivity index (χ3v) is 2.69. The van der Waals surface area contributed by atoms with Crippen LogP contribution in [0, 0.1) is 0 Å². The molecule has 0 saturated heterocycles. The number of hydrogen-bond donors (Lipinski definition) is 3. The molecule has 4 heteroatoms. The van der Waals surface area contributed by atoms with Crippen molar-refractivity contribution in [3.05, 3.63) is 17.5 Å². The quantitative estimate of drug-likeness (QED) is 0.429. The smallest absolute Gasteiger partial charge is 0.182 e. The van der Waals surface area contributed by atoms with E-state index in [2.05, 4.69) is 0 Å². The van der Waals surface area contributed by atoms with E-state index in [-0.39, 0.29) is 17.2 Å². The summed E-state index contributed by atoms with van der Waals surface area (Å²) in [5.41, 5.74) is 5.81. The molecule has 12 heavy (non-hydrogen) atoms. The van der Waals surface area contributed by atoms with E-state index in [4.69, 9.17) is 5.73 Å². The van der Waals surface area contributed by atoms with E-state index in [0.717, 1.165) is 10.1 Å². The maximum atomic E-state index is 9.25. The monoisotopic (exact) mass is 181 g/mol. The summed E-state index contributed by atoms with van der Waals surface area (Å²) in [6.45, 7) is 0. The average Bonchev–Trinajstić information content (AvgIpc) is 2.48. The van der Waals surface area contributed by atoms with Gasteiger partial charge in [0.25, 0.3) is 0 Å². The van der Waals surface area contributed by atoms with E-state index in [1.807, 2.05) is 11.4 Å². The molecule has 4 N–H and O–H groups in total. The maximum Gasteiger partial charge on any atom is 0.182 e. The Bertz CT molecular complexity index is 436. The van der Waals surface area contributed by atoms with Gasteiger partial charge in [0.15, 0.2) is 11.5 Å². The summed E-state index contributed by atoms with van der Waals surface area (Å²) in [7, 11) is 0. The first kappa shape index (κ1) is 7.24. The number of phenols is 2. The number of fused-ring (bicyclic) bond motifs is 1. The van der Waals surface area contributed by atoms with Crippen molar-refractivity contribution in [2.24, 2.45) is 0 Å². The molecule has 0 unspecified atom stereocenters. The molecule has 62 valence electrons. The van der Waals surface area contributed by atoms with Crippen molar-refractivity contribution >= 4 is 27.1 Å². The van der Waals surface area contributed by atoms with Crippen molar-refractivity contribution in [2.75, 3.05) is 5.73 Å². The Hall–Kier alpha value is -1.42. The number of phenolic OH excluding ortho intramolecular Hbond substituents is 2. The number of benzene rings is 1. The number of hydrogen-bond acceptors (Lipinski definition) is 4. The van der Waals surface area contributed by atoms with Gasteiger partial charge < -0.3 is 15.9 Å². The lowest BCUT2D eigenvalue weighted by Crippen LogP contribution is -1.85. The Labute approximate surface area is 72.7 Å². The molecule has 0 bridgehead atoms. The summed E-state index contributed by atoms with van der Waals surface area (Å²) in [6.07, 6.45) is 0. The Kier molecular flexibility index (Phi) is 1.38. The SMILES string of the molecule is Nc1c(O)c(O)cc2ccsc12. The largest absolute Gasteiger partial charge is 0.504 e. The van der Waals surface area contributed by atoms with Gasteiger partial charge in [0.2, 0.25) is 0 Å². The molecule has 2 rings (SSSR count). The molecule has 0 radical (unpaired) electrons. The van der Waals surface area contributed by atoms with E-state index in [1.54, 1.807) is 0 Å². The number of nitrogens with two attached hydrogens (primary N) is 1. The molecule has 0 aliphatic rings. The highest BCUT2D eigenvalue weighted by Crippen LogP contribution is 2.40. The second-order valence-electron chi connectivity index (χ2n) is 2.50. The summed E-state index contributed by atoms with van der Waals surface area (Å²) in [5, 5.41) is 21.2. The van der Waals surface area contributed by atoms with E-state index in [1.165, 1.54) is 17.4 Å². The van der Waals surface area contributed by atoms with Gasteiger partial charge in [-0.1, -0.05) is 0 Å². The number of anilines is 1. The van der Waals surface area contributed by atoms with Gasteiger partial charge in [-0.3, -0.25) is 0 Å². The van der Waals surface area contributed by atoms with Crippen LogP contribution in [-0.2, 0) is 0 Å². The van der Waals surface area contributed by atoms with Gasteiger partial charge >= 0.3 is 0 Å². The van der Waals surface area contributed by atoms with Gasteiger partial charge in [0.05, 0.1) is 10.4 Å². The van der Waals surface area contributed by atoms with Crippen LogP contribution < -0.4 is 5.73 Å². The fourth-order valence-corrected chi connectivity index (χ4v) is 1.95. The topological polar surface area (TPSA) is 66.5 Å². The Morgan fingerprint density at radius 3 is 2.83 bits per heavy atom. The first-order valence-corrected chi connectivity index (χ1v) is 4.25. The minimum atomic E-state index is -0.232.